The van der Waals surface area contributed by atoms with Gasteiger partial charge in [-0.3, -0.25) is 9.59 Å². The van der Waals surface area contributed by atoms with Crippen LogP contribution in [-0.4, -0.2) is 19.3 Å². The highest BCUT2D eigenvalue weighted by Gasteiger charge is 2.09. The second-order valence-electron chi connectivity index (χ2n) is 2.57. The number of halogens is 2. The Balaban J connectivity index is 3.05. The summed E-state index contributed by atoms with van der Waals surface area (Å²) in [6.45, 7) is 0. The minimum Gasteiger partial charge on any atom is -0.495 e. The summed E-state index contributed by atoms with van der Waals surface area (Å²) in [5.41, 5.74) is 0.263. The predicted octanol–water partition coefficient (Wildman–Crippen LogP) is 2.14. The van der Waals surface area contributed by atoms with E-state index in [2.05, 4.69) is 5.32 Å². The summed E-state index contributed by atoms with van der Waals surface area (Å²) >= 11 is 11.6. The van der Waals surface area contributed by atoms with E-state index in [1.54, 1.807) is 0 Å². The van der Waals surface area contributed by atoms with Gasteiger partial charge in [0, 0.05) is 6.07 Å². The highest BCUT2D eigenvalue weighted by atomic mass is 35.5. The van der Waals surface area contributed by atoms with Gasteiger partial charge in [-0.05, 0) is 6.07 Å². The number of aldehydes is 1. The van der Waals surface area contributed by atoms with Crippen LogP contribution in [0.1, 0.15) is 0 Å². The molecule has 0 aliphatic rings. The maximum atomic E-state index is 10.8. The van der Waals surface area contributed by atoms with Crippen LogP contribution in [0.25, 0.3) is 0 Å². The molecule has 1 amide bonds. The topological polar surface area (TPSA) is 55.4 Å². The number of hydrogen-bond donors (Lipinski definition) is 1. The fourth-order valence-electron chi connectivity index (χ4n) is 0.943. The molecule has 1 rings (SSSR count). The lowest BCUT2D eigenvalue weighted by Gasteiger charge is -2.08. The number of nitrogens with one attached hydrogen (secondary N) is 1. The highest BCUT2D eigenvalue weighted by Crippen LogP contribution is 2.33. The van der Waals surface area contributed by atoms with E-state index < -0.39 is 5.91 Å². The van der Waals surface area contributed by atoms with Gasteiger partial charge in [0.05, 0.1) is 22.8 Å². The van der Waals surface area contributed by atoms with Crippen molar-refractivity contribution in [2.45, 2.75) is 0 Å². The Labute approximate surface area is 96.1 Å². The van der Waals surface area contributed by atoms with Crippen molar-refractivity contribution in [3.63, 3.8) is 0 Å². The van der Waals surface area contributed by atoms with Gasteiger partial charge in [0.1, 0.15) is 5.75 Å². The zero-order valence-electron chi connectivity index (χ0n) is 7.71. The standard InChI is InChI=1S/C9H7Cl2NO3/c1-15-8-3-5(10)7(2-6(8)11)12-9(14)4-13/h2-4H,1H3,(H,12,14). The van der Waals surface area contributed by atoms with Gasteiger partial charge in [0.2, 0.25) is 6.29 Å². The van der Waals surface area contributed by atoms with Crippen molar-refractivity contribution >= 4 is 41.1 Å². The van der Waals surface area contributed by atoms with Crippen LogP contribution in [0.15, 0.2) is 12.1 Å². The molecule has 0 aliphatic heterocycles. The molecule has 0 radical (unpaired) electrons. The van der Waals surface area contributed by atoms with Gasteiger partial charge in [0.15, 0.2) is 0 Å². The number of rotatable bonds is 3. The summed E-state index contributed by atoms with van der Waals surface area (Å²) in [5, 5.41) is 2.81. The van der Waals surface area contributed by atoms with Crippen LogP contribution in [0.5, 0.6) is 5.75 Å². The molecule has 6 heteroatoms. The van der Waals surface area contributed by atoms with Gasteiger partial charge in [0.25, 0.3) is 5.91 Å². The van der Waals surface area contributed by atoms with E-state index in [9.17, 15) is 9.59 Å². The summed E-state index contributed by atoms with van der Waals surface area (Å²) in [7, 11) is 1.45. The van der Waals surface area contributed by atoms with E-state index >= 15 is 0 Å². The number of hydrogen-bond acceptors (Lipinski definition) is 3. The molecule has 1 aromatic rings. The lowest BCUT2D eigenvalue weighted by Crippen LogP contribution is -2.12. The van der Waals surface area contributed by atoms with Gasteiger partial charge in [-0.1, -0.05) is 23.2 Å². The fourth-order valence-corrected chi connectivity index (χ4v) is 1.38. The molecule has 0 aliphatic carbocycles. The average Bonchev–Trinajstić information content (AvgIpc) is 2.22. The minimum atomic E-state index is -0.793. The van der Waals surface area contributed by atoms with Gasteiger partial charge in [-0.25, -0.2) is 0 Å². The first kappa shape index (κ1) is 11.8. The summed E-state index contributed by atoms with van der Waals surface area (Å²) < 4.78 is 4.91. The van der Waals surface area contributed by atoms with Crippen LogP contribution in [0, 0.1) is 0 Å². The molecule has 0 saturated heterocycles. The number of amides is 1. The monoisotopic (exact) mass is 247 g/mol. The maximum absolute atomic E-state index is 10.8. The van der Waals surface area contributed by atoms with Crippen LogP contribution in [0.2, 0.25) is 10.0 Å². The zero-order valence-corrected chi connectivity index (χ0v) is 9.22. The summed E-state index contributed by atoms with van der Waals surface area (Å²) in [6, 6.07) is 2.86. The average molecular weight is 248 g/mol. The van der Waals surface area contributed by atoms with E-state index in [-0.39, 0.29) is 17.0 Å². The molecule has 15 heavy (non-hydrogen) atoms. The number of carbonyl (C=O) groups excluding carboxylic acids is 2. The molecule has 0 bridgehead atoms. The molecule has 0 heterocycles. The van der Waals surface area contributed by atoms with Crippen molar-refractivity contribution in [1.82, 2.24) is 0 Å². The molecule has 0 atom stereocenters. The summed E-state index contributed by atoms with van der Waals surface area (Å²) in [4.78, 5) is 20.9. The van der Waals surface area contributed by atoms with Crippen molar-refractivity contribution < 1.29 is 14.3 Å². The first-order chi connectivity index (χ1) is 7.08. The second kappa shape index (κ2) is 5.00. The van der Waals surface area contributed by atoms with E-state index in [1.807, 2.05) is 0 Å². The van der Waals surface area contributed by atoms with Crippen LogP contribution in [0.4, 0.5) is 5.69 Å². The Morgan fingerprint density at radius 2 is 2.07 bits per heavy atom. The molecule has 0 spiro atoms. The van der Waals surface area contributed by atoms with Crippen LogP contribution in [0.3, 0.4) is 0 Å². The van der Waals surface area contributed by atoms with E-state index in [0.717, 1.165) is 0 Å². The van der Waals surface area contributed by atoms with Gasteiger partial charge >= 0.3 is 0 Å². The Kier molecular flexibility index (Phi) is 3.94. The predicted molar refractivity (Wildman–Crippen MR) is 57.7 cm³/mol. The molecule has 4 nitrogen and oxygen atoms in total. The Bertz CT molecular complexity index is 407. The smallest absolute Gasteiger partial charge is 0.288 e. The van der Waals surface area contributed by atoms with Crippen LogP contribution in [-0.2, 0) is 9.59 Å². The van der Waals surface area contributed by atoms with Crippen LogP contribution < -0.4 is 10.1 Å². The minimum absolute atomic E-state index is 0.147. The lowest BCUT2D eigenvalue weighted by molar-refractivity contribution is -0.127. The maximum Gasteiger partial charge on any atom is 0.288 e. The molecule has 80 valence electrons. The van der Waals surface area contributed by atoms with Crippen molar-refractivity contribution in [3.8, 4) is 5.75 Å². The number of carbonyl (C=O) groups is 2. The van der Waals surface area contributed by atoms with E-state index in [1.165, 1.54) is 19.2 Å². The summed E-state index contributed by atoms with van der Waals surface area (Å²) in [6.07, 6.45) is 0.147. The van der Waals surface area contributed by atoms with Crippen molar-refractivity contribution in [3.05, 3.63) is 22.2 Å². The number of benzene rings is 1. The lowest BCUT2D eigenvalue weighted by atomic mass is 10.3. The van der Waals surface area contributed by atoms with E-state index in [4.69, 9.17) is 27.9 Å². The normalized spacial score (nSPS) is 9.53. The molecule has 0 fully saturated rings. The molecule has 0 saturated carbocycles. The quantitative estimate of drug-likeness (QED) is 0.658. The van der Waals surface area contributed by atoms with E-state index in [0.29, 0.717) is 10.8 Å². The largest absolute Gasteiger partial charge is 0.495 e. The Hall–Kier alpha value is -1.26. The molecule has 0 aromatic heterocycles. The van der Waals surface area contributed by atoms with Crippen molar-refractivity contribution in [2.75, 3.05) is 12.4 Å². The number of methoxy groups -OCH3 is 1. The first-order valence-electron chi connectivity index (χ1n) is 3.87. The Morgan fingerprint density at radius 3 is 2.60 bits per heavy atom. The third kappa shape index (κ3) is 2.84. The SMILES string of the molecule is COc1cc(Cl)c(NC(=O)C=O)cc1Cl. The van der Waals surface area contributed by atoms with Gasteiger partial charge in [-0.15, -0.1) is 0 Å². The van der Waals surface area contributed by atoms with Crippen molar-refractivity contribution in [2.24, 2.45) is 0 Å². The molecule has 1 N–H and O–H groups in total. The van der Waals surface area contributed by atoms with Crippen molar-refractivity contribution in [1.29, 1.82) is 0 Å². The molecule has 0 unspecified atom stereocenters. The molecular formula is C9H7Cl2NO3. The van der Waals surface area contributed by atoms with Gasteiger partial charge in [-0.2, -0.15) is 0 Å². The third-order valence-electron chi connectivity index (χ3n) is 1.61. The summed E-state index contributed by atoms with van der Waals surface area (Å²) in [5.74, 6) is -0.399. The number of ether oxygens (including phenoxy) is 1. The second-order valence-corrected chi connectivity index (χ2v) is 3.39. The fraction of sp³-hybridized carbons (Fsp3) is 0.111. The first-order valence-corrected chi connectivity index (χ1v) is 4.63. The van der Waals surface area contributed by atoms with Crippen LogP contribution >= 0.6 is 23.2 Å². The number of anilines is 1. The zero-order chi connectivity index (χ0) is 11.4. The third-order valence-corrected chi connectivity index (χ3v) is 2.21. The Morgan fingerprint density at radius 1 is 1.40 bits per heavy atom. The highest BCUT2D eigenvalue weighted by molar-refractivity contribution is 6.38. The molecule has 1 aromatic carbocycles. The van der Waals surface area contributed by atoms with Gasteiger partial charge < -0.3 is 10.1 Å². The molecular weight excluding hydrogens is 241 g/mol.